The van der Waals surface area contributed by atoms with Crippen LogP contribution in [0.2, 0.25) is 0 Å². The van der Waals surface area contributed by atoms with Crippen molar-refractivity contribution in [3.05, 3.63) is 0 Å². The fraction of sp³-hybridized carbons (Fsp3) is 0.909. The van der Waals surface area contributed by atoms with Crippen molar-refractivity contribution in [1.29, 1.82) is 0 Å². The van der Waals surface area contributed by atoms with Crippen molar-refractivity contribution in [2.75, 3.05) is 5.75 Å². The molecule has 0 aliphatic rings. The molecule has 0 bridgehead atoms. The van der Waals surface area contributed by atoms with Crippen LogP contribution in [0.1, 0.15) is 41.0 Å². The molecule has 0 fully saturated rings. The maximum Gasteiger partial charge on any atom is 0.322 e. The number of carboxylic acid groups (broad SMARTS) is 1. The molecular formula is C11H23NO4S. The summed E-state index contributed by atoms with van der Waals surface area (Å²) < 4.78 is 25.7. The Labute approximate surface area is 104 Å². The van der Waals surface area contributed by atoms with Crippen LogP contribution >= 0.6 is 0 Å². The van der Waals surface area contributed by atoms with Gasteiger partial charge in [0, 0.05) is 0 Å². The summed E-state index contributed by atoms with van der Waals surface area (Å²) >= 11 is 0. The standard InChI is InChI=1S/C11H23NO4S/c1-8(2)6-7-17(15,16)12-9(10(13)14)11(3,4)5/h8-9,12H,6-7H2,1-5H3,(H,13,14). The van der Waals surface area contributed by atoms with E-state index in [0.29, 0.717) is 6.42 Å². The van der Waals surface area contributed by atoms with Gasteiger partial charge in [0.05, 0.1) is 5.75 Å². The first-order valence-electron chi connectivity index (χ1n) is 5.68. The molecule has 5 nitrogen and oxygen atoms in total. The Morgan fingerprint density at radius 1 is 1.29 bits per heavy atom. The van der Waals surface area contributed by atoms with Gasteiger partial charge in [-0.3, -0.25) is 4.79 Å². The number of rotatable bonds is 6. The van der Waals surface area contributed by atoms with Crippen molar-refractivity contribution in [1.82, 2.24) is 4.72 Å². The molecule has 0 aliphatic carbocycles. The molecule has 1 unspecified atom stereocenters. The summed E-state index contributed by atoms with van der Waals surface area (Å²) in [5.74, 6) is -0.917. The topological polar surface area (TPSA) is 83.5 Å². The maximum absolute atomic E-state index is 11.7. The number of nitrogens with one attached hydrogen (secondary N) is 1. The second-order valence-corrected chi connectivity index (χ2v) is 7.63. The highest BCUT2D eigenvalue weighted by atomic mass is 32.2. The maximum atomic E-state index is 11.7. The fourth-order valence-electron chi connectivity index (χ4n) is 1.23. The zero-order valence-electron chi connectivity index (χ0n) is 11.1. The third kappa shape index (κ3) is 6.63. The molecule has 102 valence electrons. The highest BCUT2D eigenvalue weighted by Crippen LogP contribution is 2.20. The summed E-state index contributed by atoms with van der Waals surface area (Å²) in [6.45, 7) is 8.92. The number of sulfonamides is 1. The van der Waals surface area contributed by atoms with Gasteiger partial charge in [0.1, 0.15) is 6.04 Å². The summed E-state index contributed by atoms with van der Waals surface area (Å²) in [6.07, 6.45) is 0.520. The van der Waals surface area contributed by atoms with E-state index in [1.165, 1.54) is 0 Å². The molecule has 0 saturated carbocycles. The number of hydrogen-bond acceptors (Lipinski definition) is 3. The van der Waals surface area contributed by atoms with Crippen molar-refractivity contribution in [3.63, 3.8) is 0 Å². The number of carbonyl (C=O) groups is 1. The van der Waals surface area contributed by atoms with Crippen molar-refractivity contribution < 1.29 is 18.3 Å². The molecule has 0 amide bonds. The molecule has 17 heavy (non-hydrogen) atoms. The molecule has 0 radical (unpaired) electrons. The lowest BCUT2D eigenvalue weighted by Crippen LogP contribution is -2.49. The average Bonchev–Trinajstić information content (AvgIpc) is 2.09. The van der Waals surface area contributed by atoms with Crippen LogP contribution < -0.4 is 4.72 Å². The Kier molecular flexibility index (Phi) is 5.61. The largest absolute Gasteiger partial charge is 0.480 e. The van der Waals surface area contributed by atoms with Gasteiger partial charge in [0.2, 0.25) is 10.0 Å². The monoisotopic (exact) mass is 265 g/mol. The van der Waals surface area contributed by atoms with Crippen LogP contribution in [0.25, 0.3) is 0 Å². The summed E-state index contributed by atoms with van der Waals surface area (Å²) in [4.78, 5) is 11.0. The van der Waals surface area contributed by atoms with Crippen LogP contribution in [0.5, 0.6) is 0 Å². The van der Waals surface area contributed by atoms with Crippen LogP contribution in [-0.2, 0) is 14.8 Å². The molecule has 0 spiro atoms. The van der Waals surface area contributed by atoms with E-state index in [1.54, 1.807) is 20.8 Å². The van der Waals surface area contributed by atoms with Crippen LogP contribution in [0, 0.1) is 11.3 Å². The van der Waals surface area contributed by atoms with Crippen LogP contribution in [0.3, 0.4) is 0 Å². The van der Waals surface area contributed by atoms with Gasteiger partial charge in [-0.1, -0.05) is 34.6 Å². The lowest BCUT2D eigenvalue weighted by Gasteiger charge is -2.27. The Bertz CT molecular complexity index is 354. The smallest absolute Gasteiger partial charge is 0.322 e. The summed E-state index contributed by atoms with van der Waals surface area (Å²) in [7, 11) is -3.53. The quantitative estimate of drug-likeness (QED) is 0.761. The highest BCUT2D eigenvalue weighted by Gasteiger charge is 2.34. The molecule has 0 aromatic heterocycles. The number of carboxylic acids is 1. The lowest BCUT2D eigenvalue weighted by molar-refractivity contribution is -0.141. The molecule has 0 saturated heterocycles. The zero-order valence-corrected chi connectivity index (χ0v) is 12.0. The molecular weight excluding hydrogens is 242 g/mol. The molecule has 1 atom stereocenters. The first kappa shape index (κ1) is 16.4. The van der Waals surface area contributed by atoms with Crippen molar-refractivity contribution >= 4 is 16.0 Å². The Hall–Kier alpha value is -0.620. The molecule has 6 heteroatoms. The SMILES string of the molecule is CC(C)CCS(=O)(=O)NC(C(=O)O)C(C)(C)C. The Balaban J connectivity index is 4.72. The van der Waals surface area contributed by atoms with E-state index in [1.807, 2.05) is 13.8 Å². The van der Waals surface area contributed by atoms with E-state index < -0.39 is 27.4 Å². The van der Waals surface area contributed by atoms with Crippen LogP contribution in [0.4, 0.5) is 0 Å². The first-order chi connectivity index (χ1) is 7.46. The molecule has 0 aliphatic heterocycles. The highest BCUT2D eigenvalue weighted by molar-refractivity contribution is 7.89. The normalized spacial score (nSPS) is 14.9. The molecule has 2 N–H and O–H groups in total. The lowest BCUT2D eigenvalue weighted by atomic mass is 9.88. The third-order valence-electron chi connectivity index (χ3n) is 2.37. The second kappa shape index (κ2) is 5.82. The van der Waals surface area contributed by atoms with Crippen molar-refractivity contribution in [3.8, 4) is 0 Å². The first-order valence-corrected chi connectivity index (χ1v) is 7.34. The Morgan fingerprint density at radius 2 is 1.76 bits per heavy atom. The van der Waals surface area contributed by atoms with E-state index in [4.69, 9.17) is 5.11 Å². The molecule has 0 aromatic carbocycles. The van der Waals surface area contributed by atoms with Crippen molar-refractivity contribution in [2.45, 2.75) is 47.1 Å². The minimum atomic E-state index is -3.53. The van der Waals surface area contributed by atoms with Gasteiger partial charge in [0.25, 0.3) is 0 Å². The van der Waals surface area contributed by atoms with Gasteiger partial charge in [-0.2, -0.15) is 0 Å². The zero-order chi connectivity index (χ0) is 13.9. The molecule has 0 aromatic rings. The van der Waals surface area contributed by atoms with Crippen LogP contribution in [-0.4, -0.2) is 31.3 Å². The number of aliphatic carboxylic acids is 1. The third-order valence-corrected chi connectivity index (χ3v) is 3.74. The predicted octanol–water partition coefficient (Wildman–Crippen LogP) is 1.45. The minimum Gasteiger partial charge on any atom is -0.480 e. The van der Waals surface area contributed by atoms with Crippen molar-refractivity contribution in [2.24, 2.45) is 11.3 Å². The minimum absolute atomic E-state index is 0.0372. The summed E-state index contributed by atoms with van der Waals surface area (Å²) in [5, 5.41) is 9.02. The molecule has 0 heterocycles. The van der Waals surface area contributed by atoms with Gasteiger partial charge >= 0.3 is 5.97 Å². The van der Waals surface area contributed by atoms with Gasteiger partial charge in [-0.05, 0) is 17.8 Å². The van der Waals surface area contributed by atoms with E-state index in [9.17, 15) is 13.2 Å². The van der Waals surface area contributed by atoms with E-state index in [-0.39, 0.29) is 11.7 Å². The predicted molar refractivity (Wildman–Crippen MR) is 67.3 cm³/mol. The fourth-order valence-corrected chi connectivity index (χ4v) is 2.94. The van der Waals surface area contributed by atoms with Gasteiger partial charge < -0.3 is 5.11 Å². The van der Waals surface area contributed by atoms with Gasteiger partial charge in [0.15, 0.2) is 0 Å². The van der Waals surface area contributed by atoms with Gasteiger partial charge in [-0.15, -0.1) is 0 Å². The Morgan fingerprint density at radius 3 is 2.06 bits per heavy atom. The van der Waals surface area contributed by atoms with E-state index >= 15 is 0 Å². The van der Waals surface area contributed by atoms with E-state index in [2.05, 4.69) is 4.72 Å². The van der Waals surface area contributed by atoms with E-state index in [0.717, 1.165) is 0 Å². The molecule has 0 rings (SSSR count). The van der Waals surface area contributed by atoms with Gasteiger partial charge in [-0.25, -0.2) is 13.1 Å². The summed E-state index contributed by atoms with van der Waals surface area (Å²) in [6, 6.07) is -1.10. The summed E-state index contributed by atoms with van der Waals surface area (Å²) in [5.41, 5.74) is -0.656. The second-order valence-electron chi connectivity index (χ2n) is 5.76. The van der Waals surface area contributed by atoms with Crippen LogP contribution in [0.15, 0.2) is 0 Å². The average molecular weight is 265 g/mol. The number of hydrogen-bond donors (Lipinski definition) is 2.